The molecule has 7 heavy (non-hydrogen) atoms. The lowest BCUT2D eigenvalue weighted by Gasteiger charge is -1.89. The normalized spacial score (nSPS) is 22.1. The van der Waals surface area contributed by atoms with Crippen LogP contribution in [0, 0.1) is 24.7 Å². The largest absolute Gasteiger partial charge is 0.119 e. The molecule has 0 bridgehead atoms. The molecule has 0 aromatic carbocycles. The summed E-state index contributed by atoms with van der Waals surface area (Å²) in [4.78, 5) is 0. The van der Waals surface area contributed by atoms with Crippen LogP contribution in [-0.4, -0.2) is 0 Å². The van der Waals surface area contributed by atoms with Crippen LogP contribution in [0.4, 0.5) is 0 Å². The van der Waals surface area contributed by atoms with Gasteiger partial charge in [-0.15, -0.1) is 6.42 Å². The molecule has 0 saturated heterocycles. The first-order chi connectivity index (χ1) is 3.43. The fourth-order valence-corrected chi connectivity index (χ4v) is 0.786. The monoisotopic (exact) mass is 92.1 g/mol. The van der Waals surface area contributed by atoms with Crippen LogP contribution < -0.4 is 0 Å². The van der Waals surface area contributed by atoms with Crippen molar-refractivity contribution in [3.63, 3.8) is 0 Å². The van der Waals surface area contributed by atoms with Crippen LogP contribution in [0.15, 0.2) is 0 Å². The van der Waals surface area contributed by atoms with Gasteiger partial charge in [-0.25, -0.2) is 0 Å². The second-order valence-corrected chi connectivity index (χ2v) is 1.78. The van der Waals surface area contributed by atoms with Crippen LogP contribution in [-0.2, 0) is 0 Å². The van der Waals surface area contributed by atoms with Gasteiger partial charge in [0, 0.05) is 5.92 Å². The highest BCUT2D eigenvalue weighted by molar-refractivity contribution is 5.21. The predicted molar refractivity (Wildman–Crippen MR) is 30.2 cm³/mol. The van der Waals surface area contributed by atoms with Gasteiger partial charge in [-0.2, -0.15) is 0 Å². The molecule has 1 saturated carbocycles. The van der Waals surface area contributed by atoms with Crippen molar-refractivity contribution >= 4 is 0 Å². The second kappa shape index (κ2) is 2.02. The van der Waals surface area contributed by atoms with Gasteiger partial charge < -0.3 is 0 Å². The molecule has 0 aliphatic heterocycles. The molecule has 1 rings (SSSR count). The van der Waals surface area contributed by atoms with Gasteiger partial charge >= 0.3 is 0 Å². The molecule has 36 valence electrons. The predicted octanol–water partition coefficient (Wildman–Crippen LogP) is 1.58. The van der Waals surface area contributed by atoms with E-state index in [9.17, 15) is 0 Å². The third kappa shape index (κ3) is 0.962. The van der Waals surface area contributed by atoms with Crippen molar-refractivity contribution in [3.05, 3.63) is 12.3 Å². The molecular formula is C7H8. The second-order valence-electron chi connectivity index (χ2n) is 1.78. The first kappa shape index (κ1) is 4.71. The summed E-state index contributed by atoms with van der Waals surface area (Å²) in [7, 11) is 0. The van der Waals surface area contributed by atoms with E-state index < -0.39 is 0 Å². The van der Waals surface area contributed by atoms with E-state index in [1.807, 2.05) is 0 Å². The van der Waals surface area contributed by atoms with E-state index in [2.05, 4.69) is 12.3 Å². The summed E-state index contributed by atoms with van der Waals surface area (Å²) in [5.41, 5.74) is 0. The quantitative estimate of drug-likeness (QED) is 0.398. The Labute approximate surface area is 44.9 Å². The van der Waals surface area contributed by atoms with Crippen molar-refractivity contribution in [3.8, 4) is 12.3 Å². The Morgan fingerprint density at radius 3 is 2.86 bits per heavy atom. The fraction of sp³-hybridized carbons (Fsp3) is 0.429. The van der Waals surface area contributed by atoms with Crippen molar-refractivity contribution in [2.75, 3.05) is 0 Å². The van der Waals surface area contributed by atoms with Crippen LogP contribution in [0.1, 0.15) is 19.3 Å². The molecule has 0 heteroatoms. The topological polar surface area (TPSA) is 0 Å². The zero-order chi connectivity index (χ0) is 5.11. The number of hydrogen-bond donors (Lipinski definition) is 0. The summed E-state index contributed by atoms with van der Waals surface area (Å²) in [6, 6.07) is 0. The Bertz CT molecular complexity index is 80.7. The Balaban J connectivity index is 2.31. The van der Waals surface area contributed by atoms with E-state index in [-0.39, 0.29) is 0 Å². The number of hydrogen-bond acceptors (Lipinski definition) is 0. The van der Waals surface area contributed by atoms with E-state index in [0.717, 1.165) is 12.8 Å². The van der Waals surface area contributed by atoms with Crippen LogP contribution in [0.25, 0.3) is 0 Å². The summed E-state index contributed by atoms with van der Waals surface area (Å²) in [6.07, 6.45) is 10.8. The van der Waals surface area contributed by atoms with Gasteiger partial charge in [0.2, 0.25) is 0 Å². The Morgan fingerprint density at radius 1 is 1.71 bits per heavy atom. The average Bonchev–Trinajstić information content (AvgIpc) is 2.14. The molecule has 0 unspecified atom stereocenters. The molecule has 0 spiro atoms. The maximum atomic E-state index is 5.13. The molecule has 0 atom stereocenters. The zero-order valence-electron chi connectivity index (χ0n) is 4.28. The molecule has 0 N–H and O–H groups in total. The van der Waals surface area contributed by atoms with Gasteiger partial charge in [0.1, 0.15) is 0 Å². The molecular weight excluding hydrogens is 84.1 g/mol. The summed E-state index contributed by atoms with van der Waals surface area (Å²) in [5, 5.41) is 0. The fourth-order valence-electron chi connectivity index (χ4n) is 0.786. The van der Waals surface area contributed by atoms with Crippen LogP contribution in [0.3, 0.4) is 0 Å². The summed E-state index contributed by atoms with van der Waals surface area (Å²) < 4.78 is 0. The molecule has 0 heterocycles. The molecule has 1 aliphatic carbocycles. The number of terminal acetylenes is 1. The van der Waals surface area contributed by atoms with Gasteiger partial charge in [0.15, 0.2) is 0 Å². The van der Waals surface area contributed by atoms with Gasteiger partial charge in [-0.05, 0) is 25.7 Å². The molecule has 1 fully saturated rings. The van der Waals surface area contributed by atoms with E-state index >= 15 is 0 Å². The molecule has 0 aromatic heterocycles. The van der Waals surface area contributed by atoms with Crippen molar-refractivity contribution in [1.29, 1.82) is 0 Å². The van der Waals surface area contributed by atoms with Crippen molar-refractivity contribution in [2.24, 2.45) is 0 Å². The van der Waals surface area contributed by atoms with Crippen LogP contribution in [0.5, 0.6) is 0 Å². The lowest BCUT2D eigenvalue weighted by atomic mass is 10.1. The van der Waals surface area contributed by atoms with Gasteiger partial charge in [-0.3, -0.25) is 0 Å². The van der Waals surface area contributed by atoms with Crippen molar-refractivity contribution < 1.29 is 0 Å². The Hall–Kier alpha value is -0.440. The van der Waals surface area contributed by atoms with Gasteiger partial charge in [0.25, 0.3) is 0 Å². The van der Waals surface area contributed by atoms with Crippen molar-refractivity contribution in [1.82, 2.24) is 0 Å². The average molecular weight is 92.1 g/mol. The first-order valence-electron chi connectivity index (χ1n) is 2.56. The summed E-state index contributed by atoms with van der Waals surface area (Å²) in [5.74, 6) is 3.91. The minimum absolute atomic E-state index is 1.07. The highest BCUT2D eigenvalue weighted by atomic mass is 14.1. The van der Waals surface area contributed by atoms with Crippen molar-refractivity contribution in [2.45, 2.75) is 19.3 Å². The number of rotatable bonds is 0. The standard InChI is InChI=1S/C7H8/c1-2-7-5-3-4-6-7/h1,3H,4-6H2. The lowest BCUT2D eigenvalue weighted by molar-refractivity contribution is 0.997. The molecule has 2 radical (unpaired) electrons. The maximum Gasteiger partial charge on any atom is 0.0480 e. The first-order valence-corrected chi connectivity index (χ1v) is 2.56. The smallest absolute Gasteiger partial charge is 0.0480 e. The zero-order valence-corrected chi connectivity index (χ0v) is 4.28. The minimum Gasteiger partial charge on any atom is -0.119 e. The third-order valence-electron chi connectivity index (χ3n) is 1.25. The molecule has 0 nitrogen and oxygen atoms in total. The molecule has 1 aliphatic rings. The molecule has 0 aromatic rings. The SMILES string of the molecule is C#C[C]1C[CH]CC1. The Morgan fingerprint density at radius 2 is 2.57 bits per heavy atom. The van der Waals surface area contributed by atoms with Crippen LogP contribution in [0.2, 0.25) is 0 Å². The maximum absolute atomic E-state index is 5.13. The van der Waals surface area contributed by atoms with E-state index in [1.54, 1.807) is 0 Å². The minimum atomic E-state index is 1.07. The van der Waals surface area contributed by atoms with E-state index in [4.69, 9.17) is 6.42 Å². The lowest BCUT2D eigenvalue weighted by Crippen LogP contribution is -1.79. The van der Waals surface area contributed by atoms with Gasteiger partial charge in [0.05, 0.1) is 0 Å². The summed E-state index contributed by atoms with van der Waals surface area (Å²) in [6.45, 7) is 0. The highest BCUT2D eigenvalue weighted by Crippen LogP contribution is 2.24. The molecule has 0 amide bonds. The Kier molecular flexibility index (Phi) is 1.36. The van der Waals surface area contributed by atoms with Gasteiger partial charge in [-0.1, -0.05) is 5.92 Å². The van der Waals surface area contributed by atoms with E-state index in [1.165, 1.54) is 12.3 Å². The van der Waals surface area contributed by atoms with Crippen LogP contribution >= 0.6 is 0 Å². The van der Waals surface area contributed by atoms with E-state index in [0.29, 0.717) is 0 Å². The highest BCUT2D eigenvalue weighted by Gasteiger charge is 2.11. The third-order valence-corrected chi connectivity index (χ3v) is 1.25. The summed E-state index contributed by atoms with van der Waals surface area (Å²) >= 11 is 0.